The average molecular weight is 175 g/mol. The normalized spacial score (nSPS) is 14.3. The molecule has 4 heteroatoms. The highest BCUT2D eigenvalue weighted by atomic mass is 16.4. The summed E-state index contributed by atoms with van der Waals surface area (Å²) in [5.74, 6) is -1.16. The van der Waals surface area contributed by atoms with Crippen molar-refractivity contribution in [3.05, 3.63) is 0 Å². The first kappa shape index (κ1) is 11.4. The summed E-state index contributed by atoms with van der Waals surface area (Å²) in [6.07, 6.45) is -1.01. The lowest BCUT2D eigenvalue weighted by molar-refractivity contribution is -0.146. The number of nitrogens with one attached hydrogen (secondary N) is 1. The number of aliphatic carboxylic acids is 1. The van der Waals surface area contributed by atoms with Gasteiger partial charge in [0.25, 0.3) is 0 Å². The number of rotatable bonds is 4. The van der Waals surface area contributed by atoms with E-state index >= 15 is 0 Å². The fourth-order valence-corrected chi connectivity index (χ4v) is 0.707. The van der Waals surface area contributed by atoms with E-state index in [4.69, 9.17) is 10.2 Å². The van der Waals surface area contributed by atoms with E-state index < -0.39 is 12.1 Å². The molecule has 0 aliphatic carbocycles. The van der Waals surface area contributed by atoms with Crippen molar-refractivity contribution in [3.8, 4) is 0 Å². The fraction of sp³-hybridized carbons (Fsp3) is 0.875. The van der Waals surface area contributed by atoms with E-state index in [0.29, 0.717) is 6.54 Å². The summed E-state index contributed by atoms with van der Waals surface area (Å²) in [5.41, 5.74) is -0.0295. The maximum Gasteiger partial charge on any atom is 0.332 e. The third-order valence-corrected chi connectivity index (χ3v) is 1.36. The van der Waals surface area contributed by atoms with Gasteiger partial charge in [-0.05, 0) is 33.7 Å². The Bertz CT molecular complexity index is 151. The molecule has 0 aromatic carbocycles. The number of aliphatic hydroxyl groups is 1. The SMILES string of the molecule is CC(C)(C)NCCC(O)C(=O)O. The second-order valence-electron chi connectivity index (χ2n) is 3.82. The first-order valence-corrected chi connectivity index (χ1v) is 3.99. The monoisotopic (exact) mass is 175 g/mol. The highest BCUT2D eigenvalue weighted by molar-refractivity contribution is 5.71. The number of hydrogen-bond donors (Lipinski definition) is 3. The third-order valence-electron chi connectivity index (χ3n) is 1.36. The molecule has 0 fully saturated rings. The summed E-state index contributed by atoms with van der Waals surface area (Å²) in [6.45, 7) is 6.47. The van der Waals surface area contributed by atoms with Crippen molar-refractivity contribution < 1.29 is 15.0 Å². The molecule has 0 aliphatic rings. The van der Waals surface area contributed by atoms with Gasteiger partial charge in [0.2, 0.25) is 0 Å². The molecule has 12 heavy (non-hydrogen) atoms. The zero-order chi connectivity index (χ0) is 9.78. The molecule has 3 N–H and O–H groups in total. The Morgan fingerprint density at radius 3 is 2.33 bits per heavy atom. The van der Waals surface area contributed by atoms with E-state index in [1.807, 2.05) is 20.8 Å². The molecule has 0 bridgehead atoms. The summed E-state index contributed by atoms with van der Waals surface area (Å²) in [5, 5.41) is 20.3. The summed E-state index contributed by atoms with van der Waals surface area (Å²) in [4.78, 5) is 10.2. The molecule has 72 valence electrons. The summed E-state index contributed by atoms with van der Waals surface area (Å²) in [6, 6.07) is 0. The number of aliphatic hydroxyl groups excluding tert-OH is 1. The van der Waals surface area contributed by atoms with Crippen LogP contribution in [0.2, 0.25) is 0 Å². The molecule has 0 aromatic rings. The molecule has 0 saturated heterocycles. The van der Waals surface area contributed by atoms with Crippen LogP contribution in [0.5, 0.6) is 0 Å². The molecule has 0 aliphatic heterocycles. The van der Waals surface area contributed by atoms with Crippen molar-refractivity contribution in [2.45, 2.75) is 38.8 Å². The van der Waals surface area contributed by atoms with Gasteiger partial charge >= 0.3 is 5.97 Å². The van der Waals surface area contributed by atoms with Crippen LogP contribution < -0.4 is 5.32 Å². The molecule has 1 unspecified atom stereocenters. The molecule has 0 spiro atoms. The summed E-state index contributed by atoms with van der Waals surface area (Å²) >= 11 is 0. The quantitative estimate of drug-likeness (QED) is 0.571. The molecule has 0 radical (unpaired) electrons. The van der Waals surface area contributed by atoms with Crippen LogP contribution in [-0.4, -0.2) is 34.4 Å². The second kappa shape index (κ2) is 4.42. The van der Waals surface area contributed by atoms with Crippen LogP contribution >= 0.6 is 0 Å². The lowest BCUT2D eigenvalue weighted by atomic mass is 10.1. The van der Waals surface area contributed by atoms with Crippen molar-refractivity contribution in [1.82, 2.24) is 5.32 Å². The Kier molecular flexibility index (Phi) is 4.20. The Hall–Kier alpha value is -0.610. The van der Waals surface area contributed by atoms with Crippen LogP contribution in [-0.2, 0) is 4.79 Å². The van der Waals surface area contributed by atoms with Crippen molar-refractivity contribution in [3.63, 3.8) is 0 Å². The summed E-state index contributed by atoms with van der Waals surface area (Å²) in [7, 11) is 0. The molecule has 0 rings (SSSR count). The highest BCUT2D eigenvalue weighted by Gasteiger charge is 2.14. The zero-order valence-corrected chi connectivity index (χ0v) is 7.79. The van der Waals surface area contributed by atoms with Gasteiger partial charge in [0, 0.05) is 5.54 Å². The van der Waals surface area contributed by atoms with E-state index in [1.165, 1.54) is 0 Å². The maximum atomic E-state index is 10.2. The van der Waals surface area contributed by atoms with Gasteiger partial charge in [-0.1, -0.05) is 0 Å². The Morgan fingerprint density at radius 2 is 2.00 bits per heavy atom. The number of carboxylic acids is 1. The molecule has 0 aromatic heterocycles. The Balaban J connectivity index is 3.51. The van der Waals surface area contributed by atoms with E-state index in [2.05, 4.69) is 5.32 Å². The minimum Gasteiger partial charge on any atom is -0.479 e. The van der Waals surface area contributed by atoms with Gasteiger partial charge in [-0.2, -0.15) is 0 Å². The molecular formula is C8H17NO3. The maximum absolute atomic E-state index is 10.2. The zero-order valence-electron chi connectivity index (χ0n) is 7.79. The third kappa shape index (κ3) is 6.12. The van der Waals surface area contributed by atoms with Gasteiger partial charge in [0.1, 0.15) is 0 Å². The first-order chi connectivity index (χ1) is 5.33. The van der Waals surface area contributed by atoms with E-state index in [9.17, 15) is 4.79 Å². The predicted octanol–water partition coefficient (Wildman–Crippen LogP) is 0.210. The Morgan fingerprint density at radius 1 is 1.50 bits per heavy atom. The van der Waals surface area contributed by atoms with E-state index in [0.717, 1.165) is 0 Å². The largest absolute Gasteiger partial charge is 0.479 e. The van der Waals surface area contributed by atoms with Gasteiger partial charge in [-0.3, -0.25) is 0 Å². The smallest absolute Gasteiger partial charge is 0.332 e. The molecule has 0 amide bonds. The van der Waals surface area contributed by atoms with Gasteiger partial charge in [0.15, 0.2) is 6.10 Å². The predicted molar refractivity (Wildman–Crippen MR) is 46.0 cm³/mol. The standard InChI is InChI=1S/C8H17NO3/c1-8(2,3)9-5-4-6(10)7(11)12/h6,9-10H,4-5H2,1-3H3,(H,11,12). The van der Waals surface area contributed by atoms with Crippen LogP contribution in [0.25, 0.3) is 0 Å². The van der Waals surface area contributed by atoms with Crippen LogP contribution in [0, 0.1) is 0 Å². The minimum absolute atomic E-state index is 0.0295. The number of carbonyl (C=O) groups is 1. The van der Waals surface area contributed by atoms with Crippen LogP contribution in [0.4, 0.5) is 0 Å². The van der Waals surface area contributed by atoms with Gasteiger partial charge in [-0.25, -0.2) is 4.79 Å². The van der Waals surface area contributed by atoms with Gasteiger partial charge in [-0.15, -0.1) is 0 Å². The lowest BCUT2D eigenvalue weighted by Gasteiger charge is -2.20. The van der Waals surface area contributed by atoms with E-state index in [-0.39, 0.29) is 12.0 Å². The van der Waals surface area contributed by atoms with Crippen LogP contribution in [0.15, 0.2) is 0 Å². The Labute approximate surface area is 72.6 Å². The van der Waals surface area contributed by atoms with Crippen molar-refractivity contribution in [2.24, 2.45) is 0 Å². The fourth-order valence-electron chi connectivity index (χ4n) is 0.707. The molecule has 1 atom stereocenters. The first-order valence-electron chi connectivity index (χ1n) is 3.99. The topological polar surface area (TPSA) is 69.6 Å². The minimum atomic E-state index is -1.25. The molecule has 0 heterocycles. The average Bonchev–Trinajstić information content (AvgIpc) is 1.84. The van der Waals surface area contributed by atoms with Gasteiger partial charge in [0.05, 0.1) is 0 Å². The molecule has 4 nitrogen and oxygen atoms in total. The van der Waals surface area contributed by atoms with Crippen LogP contribution in [0.1, 0.15) is 27.2 Å². The van der Waals surface area contributed by atoms with Crippen molar-refractivity contribution >= 4 is 5.97 Å². The highest BCUT2D eigenvalue weighted by Crippen LogP contribution is 1.99. The summed E-state index contributed by atoms with van der Waals surface area (Å²) < 4.78 is 0. The van der Waals surface area contributed by atoms with Crippen molar-refractivity contribution in [2.75, 3.05) is 6.54 Å². The molecule has 0 saturated carbocycles. The van der Waals surface area contributed by atoms with Crippen molar-refractivity contribution in [1.29, 1.82) is 0 Å². The number of carboxylic acid groups (broad SMARTS) is 1. The molecular weight excluding hydrogens is 158 g/mol. The number of hydrogen-bond acceptors (Lipinski definition) is 3. The van der Waals surface area contributed by atoms with Gasteiger partial charge < -0.3 is 15.5 Å². The second-order valence-corrected chi connectivity index (χ2v) is 3.82. The lowest BCUT2D eigenvalue weighted by Crippen LogP contribution is -2.38. The van der Waals surface area contributed by atoms with Crippen LogP contribution in [0.3, 0.4) is 0 Å². The van der Waals surface area contributed by atoms with E-state index in [1.54, 1.807) is 0 Å².